The zero-order valence-electron chi connectivity index (χ0n) is 8.27. The third kappa shape index (κ3) is 1.71. The molecular weight excluding hydrogens is 232 g/mol. The zero-order chi connectivity index (χ0) is 12.6. The normalized spacial score (nSPS) is 10.6. The maximum atomic E-state index is 11.7. The highest BCUT2D eigenvalue weighted by molar-refractivity contribution is 5.96. The number of hydrogen-bond donors (Lipinski definition) is 2. The van der Waals surface area contributed by atoms with Gasteiger partial charge in [0.1, 0.15) is 12.9 Å². The molecule has 0 unspecified atom stereocenters. The van der Waals surface area contributed by atoms with Crippen LogP contribution in [-0.4, -0.2) is 41.4 Å². The van der Waals surface area contributed by atoms with Crippen LogP contribution in [0.5, 0.6) is 0 Å². The summed E-state index contributed by atoms with van der Waals surface area (Å²) in [5.74, 6) is -2.09. The predicted molar refractivity (Wildman–Crippen MR) is 51.2 cm³/mol. The van der Waals surface area contributed by atoms with Crippen LogP contribution >= 0.6 is 0 Å². The zero-order valence-corrected chi connectivity index (χ0v) is 8.27. The largest absolute Gasteiger partial charge is 0.480 e. The van der Waals surface area contributed by atoms with Crippen molar-refractivity contribution in [2.45, 2.75) is 6.54 Å². The lowest BCUT2D eigenvalue weighted by molar-refractivity contribution is -0.138. The molecule has 0 aliphatic heterocycles. The number of hydrogen-bond acceptors (Lipinski definition) is 6. The first-order valence-electron chi connectivity index (χ1n) is 4.33. The molecule has 0 saturated carbocycles. The van der Waals surface area contributed by atoms with Crippen molar-refractivity contribution in [3.63, 3.8) is 0 Å². The Balaban J connectivity index is 2.66. The third-order valence-corrected chi connectivity index (χ3v) is 1.94. The van der Waals surface area contributed by atoms with Gasteiger partial charge in [0, 0.05) is 0 Å². The number of imidazole rings is 1. The Morgan fingerprint density at radius 2 is 2.18 bits per heavy atom. The molecule has 0 radical (unpaired) electrons. The summed E-state index contributed by atoms with van der Waals surface area (Å²) < 4.78 is 1.53. The van der Waals surface area contributed by atoms with Gasteiger partial charge >= 0.3 is 11.7 Å². The highest BCUT2D eigenvalue weighted by Crippen LogP contribution is 2.00. The molecule has 0 saturated heterocycles. The van der Waals surface area contributed by atoms with Crippen LogP contribution in [0.4, 0.5) is 0 Å². The Morgan fingerprint density at radius 3 is 2.76 bits per heavy atom. The van der Waals surface area contributed by atoms with Gasteiger partial charge in [-0.15, -0.1) is 5.10 Å². The van der Waals surface area contributed by atoms with Gasteiger partial charge in [-0.2, -0.15) is 4.68 Å². The number of carboxylic acids is 1. The minimum atomic E-state index is -1.24. The monoisotopic (exact) mass is 238 g/mol. The van der Waals surface area contributed by atoms with Gasteiger partial charge in [0.05, 0.1) is 0 Å². The van der Waals surface area contributed by atoms with Crippen molar-refractivity contribution in [1.29, 1.82) is 0 Å². The molecule has 17 heavy (non-hydrogen) atoms. The van der Waals surface area contributed by atoms with Crippen LogP contribution in [0, 0.1) is 0 Å². The molecule has 0 bridgehead atoms. The average molecular weight is 238 g/mol. The summed E-state index contributed by atoms with van der Waals surface area (Å²) in [6.45, 7) is -0.633. The fraction of sp³-hybridized carbons (Fsp3) is 0.143. The van der Waals surface area contributed by atoms with E-state index >= 15 is 0 Å². The van der Waals surface area contributed by atoms with E-state index in [2.05, 4.69) is 15.3 Å². The maximum absolute atomic E-state index is 11.7. The van der Waals surface area contributed by atoms with Gasteiger partial charge in [0.25, 0.3) is 5.91 Å². The molecule has 2 heterocycles. The quantitative estimate of drug-likeness (QED) is 0.599. The number of primary amides is 1. The van der Waals surface area contributed by atoms with Gasteiger partial charge in [-0.05, 0) is 0 Å². The Bertz CT molecular complexity index is 671. The molecule has 2 rings (SSSR count). The molecule has 1 amide bonds. The number of fused-ring (bicyclic) bond motifs is 1. The molecule has 0 aliphatic carbocycles. The molecule has 0 fully saturated rings. The average Bonchev–Trinajstić information content (AvgIpc) is 2.66. The second-order valence-electron chi connectivity index (χ2n) is 3.07. The summed E-state index contributed by atoms with van der Waals surface area (Å²) in [5.41, 5.74) is 3.94. The van der Waals surface area contributed by atoms with E-state index in [9.17, 15) is 14.4 Å². The maximum Gasteiger partial charge on any atom is 0.353 e. The number of nitrogens with zero attached hydrogens (tertiary/aromatic N) is 5. The number of rotatable bonds is 3. The number of carbonyl (C=O) groups excluding carboxylic acids is 1. The first-order chi connectivity index (χ1) is 8.00. The molecule has 3 N–H and O–H groups in total. The van der Waals surface area contributed by atoms with E-state index in [1.807, 2.05) is 0 Å². The Hall–Kier alpha value is -2.78. The summed E-state index contributed by atoms with van der Waals surface area (Å²) in [7, 11) is 0. The molecule has 2 aromatic heterocycles. The van der Waals surface area contributed by atoms with Crippen molar-refractivity contribution in [3.8, 4) is 0 Å². The molecule has 88 valence electrons. The van der Waals surface area contributed by atoms with Crippen molar-refractivity contribution in [2.24, 2.45) is 5.73 Å². The van der Waals surface area contributed by atoms with Crippen molar-refractivity contribution < 1.29 is 14.7 Å². The van der Waals surface area contributed by atoms with E-state index < -0.39 is 24.1 Å². The predicted octanol–water partition coefficient (Wildman–Crippen LogP) is -2.53. The molecule has 10 nitrogen and oxygen atoms in total. The molecule has 2 aromatic rings. The van der Waals surface area contributed by atoms with Crippen LogP contribution in [0.15, 0.2) is 11.1 Å². The van der Waals surface area contributed by atoms with Crippen LogP contribution in [0.1, 0.15) is 10.5 Å². The summed E-state index contributed by atoms with van der Waals surface area (Å²) in [5, 5.41) is 15.4. The minimum Gasteiger partial charge on any atom is -0.480 e. The summed E-state index contributed by atoms with van der Waals surface area (Å²) in [6, 6.07) is 0. The van der Waals surface area contributed by atoms with E-state index in [1.54, 1.807) is 0 Å². The van der Waals surface area contributed by atoms with E-state index in [0.717, 1.165) is 10.7 Å². The fourth-order valence-corrected chi connectivity index (χ4v) is 1.24. The van der Waals surface area contributed by atoms with Crippen LogP contribution < -0.4 is 11.4 Å². The van der Waals surface area contributed by atoms with Crippen LogP contribution in [0.25, 0.3) is 5.65 Å². The second kappa shape index (κ2) is 3.66. The summed E-state index contributed by atoms with van der Waals surface area (Å²) in [6.07, 6.45) is 1.03. The number of aliphatic carboxylic acids is 1. The van der Waals surface area contributed by atoms with E-state index in [4.69, 9.17) is 10.8 Å². The standard InChI is InChI=1S/C7H6N6O4/c8-5(16)4-6-10-11-13(1-3(14)15)7(17)12(6)2-9-4/h2H,1H2,(H2,8,16)(H,14,15). The van der Waals surface area contributed by atoms with Crippen molar-refractivity contribution in [1.82, 2.24) is 24.4 Å². The summed E-state index contributed by atoms with van der Waals surface area (Å²) in [4.78, 5) is 36.6. The lowest BCUT2D eigenvalue weighted by atomic mass is 10.4. The number of carboxylic acid groups (broad SMARTS) is 1. The van der Waals surface area contributed by atoms with Crippen LogP contribution in [-0.2, 0) is 11.3 Å². The minimum absolute atomic E-state index is 0.107. The topological polar surface area (TPSA) is 145 Å². The van der Waals surface area contributed by atoms with Crippen LogP contribution in [0.3, 0.4) is 0 Å². The fourth-order valence-electron chi connectivity index (χ4n) is 1.24. The van der Waals surface area contributed by atoms with Gasteiger partial charge < -0.3 is 10.8 Å². The Kier molecular flexibility index (Phi) is 2.31. The lowest BCUT2D eigenvalue weighted by Gasteiger charge is -1.99. The molecule has 0 spiro atoms. The van der Waals surface area contributed by atoms with Crippen molar-refractivity contribution >= 4 is 17.5 Å². The van der Waals surface area contributed by atoms with Crippen molar-refractivity contribution in [3.05, 3.63) is 22.5 Å². The smallest absolute Gasteiger partial charge is 0.353 e. The molecule has 0 aromatic carbocycles. The van der Waals surface area contributed by atoms with Gasteiger partial charge in [-0.1, -0.05) is 5.21 Å². The Labute approximate surface area is 92.3 Å². The highest BCUT2D eigenvalue weighted by Gasteiger charge is 2.15. The highest BCUT2D eigenvalue weighted by atomic mass is 16.4. The van der Waals surface area contributed by atoms with Gasteiger partial charge in [-0.25, -0.2) is 14.2 Å². The SMILES string of the molecule is NC(=O)c1ncn2c(=O)n(CC(=O)O)nnc12. The van der Waals surface area contributed by atoms with Crippen molar-refractivity contribution in [2.75, 3.05) is 0 Å². The molecule has 0 aliphatic rings. The second-order valence-corrected chi connectivity index (χ2v) is 3.07. The Morgan fingerprint density at radius 1 is 1.47 bits per heavy atom. The van der Waals surface area contributed by atoms with E-state index in [-0.39, 0.29) is 11.3 Å². The van der Waals surface area contributed by atoms with E-state index in [0.29, 0.717) is 4.68 Å². The first kappa shape index (κ1) is 10.7. The first-order valence-corrected chi connectivity index (χ1v) is 4.33. The lowest BCUT2D eigenvalue weighted by Crippen LogP contribution is -2.32. The number of carbonyl (C=O) groups is 2. The summed E-state index contributed by atoms with van der Waals surface area (Å²) >= 11 is 0. The number of amides is 1. The van der Waals surface area contributed by atoms with Gasteiger partial charge in [-0.3, -0.25) is 9.59 Å². The number of nitrogens with two attached hydrogens (primary N) is 1. The van der Waals surface area contributed by atoms with Gasteiger partial charge in [0.2, 0.25) is 0 Å². The molecule has 0 atom stereocenters. The molecular formula is C7H6N6O4. The van der Waals surface area contributed by atoms with Gasteiger partial charge in [0.15, 0.2) is 11.3 Å². The van der Waals surface area contributed by atoms with Crippen LogP contribution in [0.2, 0.25) is 0 Å². The third-order valence-electron chi connectivity index (χ3n) is 1.94. The molecule has 10 heteroatoms. The number of aromatic nitrogens is 5. The van der Waals surface area contributed by atoms with E-state index in [1.165, 1.54) is 0 Å².